The molecule has 0 spiro atoms. The summed E-state index contributed by atoms with van der Waals surface area (Å²) in [5.41, 5.74) is 1.42. The van der Waals surface area contributed by atoms with Crippen LogP contribution in [0.2, 0.25) is 0 Å². The van der Waals surface area contributed by atoms with E-state index in [1.165, 1.54) is 36.7 Å². The molecule has 9 heteroatoms. The quantitative estimate of drug-likeness (QED) is 0.665. The van der Waals surface area contributed by atoms with Crippen LogP contribution < -0.4 is 10.5 Å². The molecule has 7 nitrogen and oxygen atoms in total. The lowest BCUT2D eigenvalue weighted by Crippen LogP contribution is -2.41. The summed E-state index contributed by atoms with van der Waals surface area (Å²) in [6.45, 7) is 5.01. The Morgan fingerprint density at radius 2 is 2.11 bits per heavy atom. The molecule has 0 radical (unpaired) electrons. The molecule has 0 bridgehead atoms. The third-order valence-corrected chi connectivity index (χ3v) is 7.14. The van der Waals surface area contributed by atoms with E-state index in [1.807, 2.05) is 4.57 Å². The van der Waals surface area contributed by atoms with Gasteiger partial charge < -0.3 is 9.88 Å². The summed E-state index contributed by atoms with van der Waals surface area (Å²) < 4.78 is 25.3. The number of rotatable bonds is 7. The number of primary sulfonamides is 1. The highest BCUT2D eigenvalue weighted by molar-refractivity contribution is 7.99. The first-order chi connectivity index (χ1) is 13.3. The molecule has 2 atom stereocenters. The van der Waals surface area contributed by atoms with Crippen LogP contribution in [0.25, 0.3) is 11.0 Å². The summed E-state index contributed by atoms with van der Waals surface area (Å²) in [6, 6.07) is 4.97. The first-order valence-corrected chi connectivity index (χ1v) is 12.3. The molecule has 3 rings (SSSR count). The average Bonchev–Trinajstić information content (AvgIpc) is 2.98. The van der Waals surface area contributed by atoms with E-state index in [9.17, 15) is 13.2 Å². The minimum Gasteiger partial charge on any atom is -0.352 e. The smallest absolute Gasteiger partial charge is 0.238 e. The van der Waals surface area contributed by atoms with Gasteiger partial charge in [-0.2, -0.15) is 0 Å². The van der Waals surface area contributed by atoms with Crippen LogP contribution in [0.3, 0.4) is 0 Å². The van der Waals surface area contributed by atoms with E-state index in [0.29, 0.717) is 11.4 Å². The Labute approximate surface area is 170 Å². The number of carbonyl (C=O) groups is 1. The Bertz CT molecular complexity index is 955. The molecule has 1 heterocycles. The summed E-state index contributed by atoms with van der Waals surface area (Å²) >= 11 is 1.38. The van der Waals surface area contributed by atoms with E-state index in [0.717, 1.165) is 36.5 Å². The fraction of sp³-hybridized carbons (Fsp3) is 0.579. The molecule has 2 unspecified atom stereocenters. The molecule has 1 saturated carbocycles. The Morgan fingerprint density at radius 3 is 2.79 bits per heavy atom. The van der Waals surface area contributed by atoms with Gasteiger partial charge in [0.2, 0.25) is 15.9 Å². The summed E-state index contributed by atoms with van der Waals surface area (Å²) in [7, 11) is -3.78. The van der Waals surface area contributed by atoms with Gasteiger partial charge in [0.15, 0.2) is 5.16 Å². The van der Waals surface area contributed by atoms with Gasteiger partial charge in [-0.15, -0.1) is 0 Å². The number of nitrogens with two attached hydrogens (primary N) is 1. The fourth-order valence-corrected chi connectivity index (χ4v) is 5.11. The molecule has 3 N–H and O–H groups in total. The number of nitrogens with zero attached hydrogens (tertiary/aromatic N) is 2. The van der Waals surface area contributed by atoms with Crippen LogP contribution in [0.1, 0.15) is 46.0 Å². The molecule has 1 aromatic carbocycles. The minimum atomic E-state index is -3.78. The van der Waals surface area contributed by atoms with Crippen molar-refractivity contribution in [2.75, 3.05) is 5.75 Å². The maximum absolute atomic E-state index is 12.4. The molecule has 1 aliphatic carbocycles. The summed E-state index contributed by atoms with van der Waals surface area (Å²) in [5, 5.41) is 9.11. The van der Waals surface area contributed by atoms with Crippen LogP contribution >= 0.6 is 11.8 Å². The van der Waals surface area contributed by atoms with E-state index in [4.69, 9.17) is 5.14 Å². The molecule has 2 aromatic rings. The Balaban J connectivity index is 1.75. The predicted octanol–water partition coefficient (Wildman–Crippen LogP) is 2.88. The standard InChI is InChI=1S/C19H28N4O3S2/c1-3-10-23-17-9-8-14(28(20,25)26)11-16(17)22-19(23)27-12-18(24)21-15-7-5-4-6-13(15)2/h8-9,11,13,15H,3-7,10,12H2,1-2H3,(H,21,24)(H2,20,25,26). The van der Waals surface area contributed by atoms with Crippen molar-refractivity contribution in [3.8, 4) is 0 Å². The monoisotopic (exact) mass is 424 g/mol. The molecular formula is C19H28N4O3S2. The largest absolute Gasteiger partial charge is 0.352 e. The van der Waals surface area contributed by atoms with Crippen molar-refractivity contribution >= 4 is 38.7 Å². The number of benzene rings is 1. The molecule has 1 aliphatic rings. The number of amides is 1. The SMILES string of the molecule is CCCn1c(SCC(=O)NC2CCCCC2C)nc2cc(S(N)(=O)=O)ccc21. The molecule has 1 amide bonds. The van der Waals surface area contributed by atoms with Crippen LogP contribution in [0.5, 0.6) is 0 Å². The van der Waals surface area contributed by atoms with Crippen molar-refractivity contribution in [1.82, 2.24) is 14.9 Å². The van der Waals surface area contributed by atoms with Crippen LogP contribution in [-0.2, 0) is 21.4 Å². The lowest BCUT2D eigenvalue weighted by Gasteiger charge is -2.29. The molecule has 28 heavy (non-hydrogen) atoms. The van der Waals surface area contributed by atoms with Gasteiger partial charge in [-0.1, -0.05) is 38.5 Å². The Hall–Kier alpha value is -1.58. The Kier molecular flexibility index (Phi) is 6.67. The van der Waals surface area contributed by atoms with E-state index in [-0.39, 0.29) is 22.6 Å². The highest BCUT2D eigenvalue weighted by Gasteiger charge is 2.23. The second-order valence-electron chi connectivity index (χ2n) is 7.47. The number of aromatic nitrogens is 2. The van der Waals surface area contributed by atoms with Gasteiger partial charge in [0.25, 0.3) is 0 Å². The van der Waals surface area contributed by atoms with Gasteiger partial charge in [-0.3, -0.25) is 4.79 Å². The molecule has 1 fully saturated rings. The van der Waals surface area contributed by atoms with Gasteiger partial charge in [0.1, 0.15) is 0 Å². The van der Waals surface area contributed by atoms with Gasteiger partial charge in [-0.25, -0.2) is 18.5 Å². The third kappa shape index (κ3) is 4.87. The number of fused-ring (bicyclic) bond motifs is 1. The summed E-state index contributed by atoms with van der Waals surface area (Å²) in [4.78, 5) is 17.0. The highest BCUT2D eigenvalue weighted by Crippen LogP contribution is 2.27. The van der Waals surface area contributed by atoms with Gasteiger partial charge in [-0.05, 0) is 43.4 Å². The highest BCUT2D eigenvalue weighted by atomic mass is 32.2. The van der Waals surface area contributed by atoms with E-state index >= 15 is 0 Å². The number of aryl methyl sites for hydroxylation is 1. The molecule has 154 valence electrons. The van der Waals surface area contributed by atoms with Gasteiger partial charge in [0.05, 0.1) is 21.7 Å². The van der Waals surface area contributed by atoms with E-state index in [1.54, 1.807) is 6.07 Å². The number of thioether (sulfide) groups is 1. The predicted molar refractivity (Wildman–Crippen MR) is 112 cm³/mol. The summed E-state index contributed by atoms with van der Waals surface area (Å²) in [6.07, 6.45) is 5.52. The van der Waals surface area contributed by atoms with E-state index < -0.39 is 10.0 Å². The number of carbonyl (C=O) groups excluding carboxylic acids is 1. The lowest BCUT2D eigenvalue weighted by atomic mass is 9.86. The summed E-state index contributed by atoms with van der Waals surface area (Å²) in [5.74, 6) is 0.825. The van der Waals surface area contributed by atoms with Gasteiger partial charge in [0, 0.05) is 12.6 Å². The van der Waals surface area contributed by atoms with Crippen molar-refractivity contribution in [3.05, 3.63) is 18.2 Å². The van der Waals surface area contributed by atoms with Crippen molar-refractivity contribution in [2.24, 2.45) is 11.1 Å². The zero-order valence-electron chi connectivity index (χ0n) is 16.3. The first kappa shape index (κ1) is 21.1. The third-order valence-electron chi connectivity index (χ3n) is 5.25. The number of imidazole rings is 1. The van der Waals surface area contributed by atoms with Crippen molar-refractivity contribution < 1.29 is 13.2 Å². The number of hydrogen-bond donors (Lipinski definition) is 2. The second-order valence-corrected chi connectivity index (χ2v) is 9.97. The number of hydrogen-bond acceptors (Lipinski definition) is 5. The second kappa shape index (κ2) is 8.84. The van der Waals surface area contributed by atoms with Crippen molar-refractivity contribution in [3.63, 3.8) is 0 Å². The van der Waals surface area contributed by atoms with Crippen LogP contribution in [-0.4, -0.2) is 35.7 Å². The van der Waals surface area contributed by atoms with Gasteiger partial charge >= 0.3 is 0 Å². The average molecular weight is 425 g/mol. The zero-order valence-corrected chi connectivity index (χ0v) is 18.0. The van der Waals surface area contributed by atoms with Crippen molar-refractivity contribution in [1.29, 1.82) is 0 Å². The van der Waals surface area contributed by atoms with Crippen LogP contribution in [0.15, 0.2) is 28.3 Å². The zero-order chi connectivity index (χ0) is 20.3. The molecular weight excluding hydrogens is 396 g/mol. The topological polar surface area (TPSA) is 107 Å². The fourth-order valence-electron chi connectivity index (χ4n) is 3.72. The maximum atomic E-state index is 12.4. The molecule has 0 aliphatic heterocycles. The first-order valence-electron chi connectivity index (χ1n) is 9.75. The van der Waals surface area contributed by atoms with Crippen LogP contribution in [0.4, 0.5) is 0 Å². The number of sulfonamides is 1. The normalized spacial score (nSPS) is 20.4. The minimum absolute atomic E-state index is 0.0177. The molecule has 0 saturated heterocycles. The lowest BCUT2D eigenvalue weighted by molar-refractivity contribution is -0.119. The van der Waals surface area contributed by atoms with E-state index in [2.05, 4.69) is 24.1 Å². The van der Waals surface area contributed by atoms with Crippen molar-refractivity contribution in [2.45, 2.75) is 68.6 Å². The number of nitrogens with one attached hydrogen (secondary N) is 1. The molecule has 1 aromatic heterocycles. The van der Waals surface area contributed by atoms with Crippen LogP contribution in [0, 0.1) is 5.92 Å². The maximum Gasteiger partial charge on any atom is 0.238 e. The Morgan fingerprint density at radius 1 is 1.36 bits per heavy atom.